The van der Waals surface area contributed by atoms with Gasteiger partial charge in [-0.25, -0.2) is 0 Å². The number of nitrogens with one attached hydrogen (secondary N) is 1. The van der Waals surface area contributed by atoms with E-state index in [1.54, 1.807) is 0 Å². The molecule has 0 fully saturated rings. The summed E-state index contributed by atoms with van der Waals surface area (Å²) in [4.78, 5) is 0. The Bertz CT molecular complexity index is 227. The van der Waals surface area contributed by atoms with Crippen LogP contribution in [0.3, 0.4) is 0 Å². The Morgan fingerprint density at radius 1 is 1.55 bits per heavy atom. The number of nitrogens with two attached hydrogens (primary N) is 1. The third kappa shape index (κ3) is 1.80. The van der Waals surface area contributed by atoms with E-state index in [9.17, 15) is 0 Å². The molecule has 3 nitrogen and oxygen atoms in total. The minimum absolute atomic E-state index is 0.0555. The van der Waals surface area contributed by atoms with Crippen molar-refractivity contribution in [3.8, 4) is 0 Å². The quantitative estimate of drug-likeness (QED) is 0.674. The van der Waals surface area contributed by atoms with E-state index in [-0.39, 0.29) is 6.04 Å². The Kier molecular flexibility index (Phi) is 2.29. The van der Waals surface area contributed by atoms with Gasteiger partial charge in [0, 0.05) is 5.69 Å². The highest BCUT2D eigenvalue weighted by molar-refractivity contribution is 5.10. The Balaban J connectivity index is 2.76. The molecule has 62 valence electrons. The van der Waals surface area contributed by atoms with Gasteiger partial charge in [-0.1, -0.05) is 13.8 Å². The minimum Gasteiger partial charge on any atom is -0.322 e. The van der Waals surface area contributed by atoms with E-state index in [2.05, 4.69) is 24.0 Å². The molecule has 0 aromatic carbocycles. The van der Waals surface area contributed by atoms with Crippen LogP contribution < -0.4 is 5.73 Å². The molecule has 0 amide bonds. The highest BCUT2D eigenvalue weighted by Crippen LogP contribution is 2.16. The number of aromatic amines is 1. The summed E-state index contributed by atoms with van der Waals surface area (Å²) >= 11 is 0. The summed E-state index contributed by atoms with van der Waals surface area (Å²) in [6, 6.07) is 2.05. The first-order valence-electron chi connectivity index (χ1n) is 3.88. The normalized spacial score (nSPS) is 13.9. The molecule has 0 spiro atoms. The molecular weight excluding hydrogens is 138 g/mol. The van der Waals surface area contributed by atoms with Crippen molar-refractivity contribution in [2.75, 3.05) is 0 Å². The lowest BCUT2D eigenvalue weighted by molar-refractivity contribution is 0.502. The SMILES string of the molecule is Cc1cc(C(N)C(C)C)n[nH]1. The minimum atomic E-state index is 0.0555. The monoisotopic (exact) mass is 153 g/mol. The number of hydrogen-bond donors (Lipinski definition) is 2. The maximum absolute atomic E-state index is 5.87. The second-order valence-electron chi connectivity index (χ2n) is 3.25. The number of nitrogens with zero attached hydrogens (tertiary/aromatic N) is 1. The van der Waals surface area contributed by atoms with Gasteiger partial charge in [-0.05, 0) is 18.9 Å². The molecule has 1 aromatic heterocycles. The Morgan fingerprint density at radius 3 is 2.55 bits per heavy atom. The molecular formula is C8H15N3. The second-order valence-corrected chi connectivity index (χ2v) is 3.25. The summed E-state index contributed by atoms with van der Waals surface area (Å²) < 4.78 is 0. The molecule has 1 aromatic rings. The summed E-state index contributed by atoms with van der Waals surface area (Å²) in [5.74, 6) is 0.442. The van der Waals surface area contributed by atoms with Crippen molar-refractivity contribution < 1.29 is 0 Å². The van der Waals surface area contributed by atoms with Crippen molar-refractivity contribution >= 4 is 0 Å². The summed E-state index contributed by atoms with van der Waals surface area (Å²) in [6.45, 7) is 6.16. The first-order chi connectivity index (χ1) is 5.11. The predicted octanol–water partition coefficient (Wildman–Crippen LogP) is 1.37. The number of hydrogen-bond acceptors (Lipinski definition) is 2. The van der Waals surface area contributed by atoms with Crippen molar-refractivity contribution in [3.63, 3.8) is 0 Å². The Labute approximate surface area is 67.0 Å². The molecule has 0 bridgehead atoms. The third-order valence-corrected chi connectivity index (χ3v) is 1.79. The van der Waals surface area contributed by atoms with Crippen LogP contribution in [0.1, 0.15) is 31.3 Å². The van der Waals surface area contributed by atoms with E-state index in [0.29, 0.717) is 5.92 Å². The van der Waals surface area contributed by atoms with E-state index in [0.717, 1.165) is 11.4 Å². The molecule has 1 heterocycles. The smallest absolute Gasteiger partial charge is 0.0794 e. The van der Waals surface area contributed by atoms with Gasteiger partial charge in [0.15, 0.2) is 0 Å². The molecule has 0 saturated heterocycles. The third-order valence-electron chi connectivity index (χ3n) is 1.79. The van der Waals surface area contributed by atoms with Crippen LogP contribution in [-0.2, 0) is 0 Å². The van der Waals surface area contributed by atoms with Crippen molar-refractivity contribution in [2.24, 2.45) is 11.7 Å². The maximum Gasteiger partial charge on any atom is 0.0794 e. The van der Waals surface area contributed by atoms with Crippen LogP contribution in [-0.4, -0.2) is 10.2 Å². The summed E-state index contributed by atoms with van der Waals surface area (Å²) in [7, 11) is 0. The van der Waals surface area contributed by atoms with Gasteiger partial charge in [0.25, 0.3) is 0 Å². The lowest BCUT2D eigenvalue weighted by atomic mass is 10.0. The molecule has 1 unspecified atom stereocenters. The van der Waals surface area contributed by atoms with Crippen molar-refractivity contribution in [1.82, 2.24) is 10.2 Å². The zero-order valence-electron chi connectivity index (χ0n) is 7.26. The van der Waals surface area contributed by atoms with Crippen molar-refractivity contribution in [3.05, 3.63) is 17.5 Å². The van der Waals surface area contributed by atoms with Gasteiger partial charge < -0.3 is 5.73 Å². The van der Waals surface area contributed by atoms with E-state index in [1.807, 2.05) is 13.0 Å². The first-order valence-corrected chi connectivity index (χ1v) is 3.88. The van der Waals surface area contributed by atoms with Crippen LogP contribution in [0, 0.1) is 12.8 Å². The fourth-order valence-electron chi connectivity index (χ4n) is 0.951. The van der Waals surface area contributed by atoms with Crippen LogP contribution >= 0.6 is 0 Å². The topological polar surface area (TPSA) is 54.7 Å². The number of H-pyrrole nitrogens is 1. The van der Waals surface area contributed by atoms with Crippen LogP contribution in [0.25, 0.3) is 0 Å². The van der Waals surface area contributed by atoms with Gasteiger partial charge in [0.2, 0.25) is 0 Å². The number of rotatable bonds is 2. The van der Waals surface area contributed by atoms with Gasteiger partial charge in [-0.15, -0.1) is 0 Å². The summed E-state index contributed by atoms with van der Waals surface area (Å²) in [5, 5.41) is 6.96. The first kappa shape index (κ1) is 8.27. The zero-order valence-corrected chi connectivity index (χ0v) is 7.26. The highest BCUT2D eigenvalue weighted by Gasteiger charge is 2.12. The highest BCUT2D eigenvalue weighted by atomic mass is 15.1. The number of aryl methyl sites for hydroxylation is 1. The molecule has 0 aliphatic rings. The van der Waals surface area contributed by atoms with Gasteiger partial charge in [-0.3, -0.25) is 5.10 Å². The zero-order chi connectivity index (χ0) is 8.43. The van der Waals surface area contributed by atoms with Gasteiger partial charge in [-0.2, -0.15) is 5.10 Å². The van der Waals surface area contributed by atoms with Crippen molar-refractivity contribution in [1.29, 1.82) is 0 Å². The Hall–Kier alpha value is -0.830. The molecule has 0 saturated carbocycles. The maximum atomic E-state index is 5.87. The van der Waals surface area contributed by atoms with Gasteiger partial charge in [0.1, 0.15) is 0 Å². The molecule has 1 atom stereocenters. The fourth-order valence-corrected chi connectivity index (χ4v) is 0.951. The van der Waals surface area contributed by atoms with Crippen LogP contribution in [0.5, 0.6) is 0 Å². The van der Waals surface area contributed by atoms with E-state index in [1.165, 1.54) is 0 Å². The molecule has 3 heteroatoms. The number of aromatic nitrogens is 2. The standard InChI is InChI=1S/C8H15N3/c1-5(2)8(9)7-4-6(3)10-11-7/h4-5,8H,9H2,1-3H3,(H,10,11). The molecule has 0 aliphatic carbocycles. The molecule has 3 N–H and O–H groups in total. The van der Waals surface area contributed by atoms with E-state index >= 15 is 0 Å². The van der Waals surface area contributed by atoms with E-state index < -0.39 is 0 Å². The summed E-state index contributed by atoms with van der Waals surface area (Å²) in [5.41, 5.74) is 7.89. The second kappa shape index (κ2) is 3.05. The largest absolute Gasteiger partial charge is 0.322 e. The van der Waals surface area contributed by atoms with Gasteiger partial charge in [0.05, 0.1) is 11.7 Å². The summed E-state index contributed by atoms with van der Waals surface area (Å²) in [6.07, 6.45) is 0. The lowest BCUT2D eigenvalue weighted by Gasteiger charge is -2.11. The molecule has 11 heavy (non-hydrogen) atoms. The average molecular weight is 153 g/mol. The molecule has 0 radical (unpaired) electrons. The van der Waals surface area contributed by atoms with Crippen LogP contribution in [0.4, 0.5) is 0 Å². The van der Waals surface area contributed by atoms with Crippen LogP contribution in [0.2, 0.25) is 0 Å². The average Bonchev–Trinajstić information content (AvgIpc) is 2.34. The van der Waals surface area contributed by atoms with Crippen LogP contribution in [0.15, 0.2) is 6.07 Å². The molecule has 0 aliphatic heterocycles. The fraction of sp³-hybridized carbons (Fsp3) is 0.625. The lowest BCUT2D eigenvalue weighted by Crippen LogP contribution is -2.16. The van der Waals surface area contributed by atoms with Crippen molar-refractivity contribution in [2.45, 2.75) is 26.8 Å². The Morgan fingerprint density at radius 2 is 2.18 bits per heavy atom. The molecule has 1 rings (SSSR count). The van der Waals surface area contributed by atoms with Gasteiger partial charge >= 0.3 is 0 Å². The van der Waals surface area contributed by atoms with E-state index in [4.69, 9.17) is 5.73 Å². The predicted molar refractivity (Wildman–Crippen MR) is 45.1 cm³/mol.